The van der Waals surface area contributed by atoms with Crippen molar-refractivity contribution in [2.24, 2.45) is 7.05 Å². The number of carbonyl (C=O) groups excluding carboxylic acids is 1. The fraction of sp³-hybridized carbons (Fsp3) is 0.545. The number of aliphatic hydroxyl groups excluding tert-OH is 1. The maximum atomic E-state index is 13.2. The molecule has 1 aromatic heterocycles. The number of hydrogen-bond donors (Lipinski definition) is 1. The maximum Gasteiger partial charge on any atom is 0.274 e. The number of morpholine rings is 1. The molecule has 1 aromatic carbocycles. The average molecular weight is 415 g/mol. The van der Waals surface area contributed by atoms with Gasteiger partial charge in [-0.3, -0.25) is 14.4 Å². The Morgan fingerprint density at radius 3 is 2.53 bits per heavy atom. The minimum Gasteiger partial charge on any atom is -0.497 e. The molecule has 2 atom stereocenters. The summed E-state index contributed by atoms with van der Waals surface area (Å²) in [5.74, 6) is 0.704. The van der Waals surface area contributed by atoms with Crippen molar-refractivity contribution in [3.63, 3.8) is 0 Å². The van der Waals surface area contributed by atoms with Crippen molar-refractivity contribution in [3.8, 4) is 17.0 Å². The number of hydrogen-bond acceptors (Lipinski definition) is 6. The van der Waals surface area contributed by atoms with Crippen LogP contribution in [0, 0.1) is 0 Å². The van der Waals surface area contributed by atoms with Crippen molar-refractivity contribution >= 4 is 5.91 Å². The SMILES string of the molecule is COc1ccc(-c2cc(C(=O)N3CC[C@H](O)[C@@H](N4CCOCC4)CC3)nn2C)cc1. The zero-order valence-electron chi connectivity index (χ0n) is 17.7. The second-order valence-electron chi connectivity index (χ2n) is 7.92. The van der Waals surface area contributed by atoms with Crippen LogP contribution in [0.25, 0.3) is 11.3 Å². The van der Waals surface area contributed by atoms with Crippen molar-refractivity contribution in [3.05, 3.63) is 36.0 Å². The molecule has 1 N–H and O–H groups in total. The molecule has 2 saturated heterocycles. The highest BCUT2D eigenvalue weighted by molar-refractivity contribution is 5.93. The number of carbonyl (C=O) groups is 1. The molecule has 0 spiro atoms. The Kier molecular flexibility index (Phi) is 6.36. The highest BCUT2D eigenvalue weighted by Gasteiger charge is 2.32. The Morgan fingerprint density at radius 2 is 1.83 bits per heavy atom. The Labute approximate surface area is 177 Å². The molecule has 0 radical (unpaired) electrons. The number of aryl methyl sites for hydroxylation is 1. The molecule has 8 nitrogen and oxygen atoms in total. The number of nitrogens with zero attached hydrogens (tertiary/aromatic N) is 4. The molecule has 3 heterocycles. The molecule has 0 saturated carbocycles. The van der Waals surface area contributed by atoms with E-state index >= 15 is 0 Å². The minimum atomic E-state index is -0.431. The van der Waals surface area contributed by atoms with E-state index in [9.17, 15) is 9.90 Å². The summed E-state index contributed by atoms with van der Waals surface area (Å²) in [7, 11) is 3.48. The molecule has 8 heteroatoms. The van der Waals surface area contributed by atoms with Gasteiger partial charge in [-0.1, -0.05) is 0 Å². The molecular formula is C22H30N4O4. The Bertz CT molecular complexity index is 861. The summed E-state index contributed by atoms with van der Waals surface area (Å²) in [5.41, 5.74) is 2.29. The summed E-state index contributed by atoms with van der Waals surface area (Å²) in [5, 5.41) is 15.1. The number of ether oxygens (including phenoxy) is 2. The number of methoxy groups -OCH3 is 1. The lowest BCUT2D eigenvalue weighted by atomic mass is 10.0. The normalized spacial score (nSPS) is 23.2. The van der Waals surface area contributed by atoms with Crippen molar-refractivity contribution in [2.45, 2.75) is 25.0 Å². The van der Waals surface area contributed by atoms with Crippen molar-refractivity contribution in [1.29, 1.82) is 0 Å². The fourth-order valence-electron chi connectivity index (χ4n) is 4.38. The smallest absolute Gasteiger partial charge is 0.274 e. The van der Waals surface area contributed by atoms with Gasteiger partial charge in [-0.25, -0.2) is 0 Å². The number of rotatable bonds is 4. The van der Waals surface area contributed by atoms with Crippen LogP contribution in [0.5, 0.6) is 5.75 Å². The molecule has 4 rings (SSSR count). The van der Waals surface area contributed by atoms with E-state index in [1.54, 1.807) is 11.8 Å². The lowest BCUT2D eigenvalue weighted by Gasteiger charge is -2.36. The molecule has 0 aliphatic carbocycles. The van der Waals surface area contributed by atoms with Gasteiger partial charge in [0.15, 0.2) is 5.69 Å². The Hall–Kier alpha value is -2.42. The molecule has 0 unspecified atom stereocenters. The zero-order chi connectivity index (χ0) is 21.1. The first-order valence-corrected chi connectivity index (χ1v) is 10.5. The first-order valence-electron chi connectivity index (χ1n) is 10.5. The van der Waals surface area contributed by atoms with E-state index in [-0.39, 0.29) is 11.9 Å². The first kappa shape index (κ1) is 20.8. The van der Waals surface area contributed by atoms with E-state index in [4.69, 9.17) is 9.47 Å². The topological polar surface area (TPSA) is 80.1 Å². The maximum absolute atomic E-state index is 13.2. The van der Waals surface area contributed by atoms with Crippen LogP contribution in [-0.4, -0.2) is 89.2 Å². The largest absolute Gasteiger partial charge is 0.497 e. The average Bonchev–Trinajstić information content (AvgIpc) is 3.06. The van der Waals surface area contributed by atoms with Gasteiger partial charge >= 0.3 is 0 Å². The summed E-state index contributed by atoms with van der Waals surface area (Å²) in [6.07, 6.45) is 0.899. The molecule has 30 heavy (non-hydrogen) atoms. The molecular weight excluding hydrogens is 384 g/mol. The number of aliphatic hydroxyl groups is 1. The van der Waals surface area contributed by atoms with Gasteiger partial charge in [-0.2, -0.15) is 5.10 Å². The third kappa shape index (κ3) is 4.35. The summed E-state index contributed by atoms with van der Waals surface area (Å²) in [6.45, 7) is 4.23. The van der Waals surface area contributed by atoms with Crippen LogP contribution in [0.2, 0.25) is 0 Å². The Balaban J connectivity index is 1.46. The van der Waals surface area contributed by atoms with Crippen molar-refractivity contribution in [2.75, 3.05) is 46.5 Å². The molecule has 2 fully saturated rings. The number of amides is 1. The second-order valence-corrected chi connectivity index (χ2v) is 7.92. The lowest BCUT2D eigenvalue weighted by Crippen LogP contribution is -2.49. The van der Waals surface area contributed by atoms with Crippen LogP contribution in [0.15, 0.2) is 30.3 Å². The molecule has 2 aliphatic heterocycles. The summed E-state index contributed by atoms with van der Waals surface area (Å²) in [4.78, 5) is 17.3. The van der Waals surface area contributed by atoms with Crippen molar-refractivity contribution in [1.82, 2.24) is 19.6 Å². The fourth-order valence-corrected chi connectivity index (χ4v) is 4.38. The molecule has 0 bridgehead atoms. The summed E-state index contributed by atoms with van der Waals surface area (Å²) >= 11 is 0. The van der Waals surface area contributed by atoms with E-state index in [0.29, 0.717) is 38.4 Å². The summed E-state index contributed by atoms with van der Waals surface area (Å²) < 4.78 is 12.4. The van der Waals surface area contributed by atoms with E-state index in [2.05, 4.69) is 10.00 Å². The van der Waals surface area contributed by atoms with Gasteiger partial charge in [-0.05, 0) is 43.2 Å². The first-order chi connectivity index (χ1) is 14.6. The number of benzene rings is 1. The minimum absolute atomic E-state index is 0.0743. The van der Waals surface area contributed by atoms with Crippen LogP contribution < -0.4 is 4.74 Å². The van der Waals surface area contributed by atoms with Crippen LogP contribution in [0.3, 0.4) is 0 Å². The third-order valence-electron chi connectivity index (χ3n) is 6.12. The van der Waals surface area contributed by atoms with E-state index in [1.165, 1.54) is 0 Å². The van der Waals surface area contributed by atoms with E-state index in [0.717, 1.165) is 36.5 Å². The predicted molar refractivity (Wildman–Crippen MR) is 113 cm³/mol. The Morgan fingerprint density at radius 1 is 1.13 bits per heavy atom. The number of likely N-dealkylation sites (tertiary alicyclic amines) is 1. The molecule has 2 aromatic rings. The van der Waals surface area contributed by atoms with Gasteiger partial charge in [0.05, 0.1) is 32.1 Å². The van der Waals surface area contributed by atoms with Crippen molar-refractivity contribution < 1.29 is 19.4 Å². The highest BCUT2D eigenvalue weighted by Crippen LogP contribution is 2.24. The van der Waals surface area contributed by atoms with E-state index in [1.807, 2.05) is 42.3 Å². The van der Waals surface area contributed by atoms with Crippen LogP contribution >= 0.6 is 0 Å². The second kappa shape index (κ2) is 9.16. The highest BCUT2D eigenvalue weighted by atomic mass is 16.5. The van der Waals surface area contributed by atoms with Gasteiger partial charge in [0.2, 0.25) is 0 Å². The molecule has 162 valence electrons. The van der Waals surface area contributed by atoms with Gasteiger partial charge in [0, 0.05) is 44.8 Å². The number of aromatic nitrogens is 2. The van der Waals surface area contributed by atoms with Crippen LogP contribution in [-0.2, 0) is 11.8 Å². The summed E-state index contributed by atoms with van der Waals surface area (Å²) in [6, 6.07) is 9.62. The standard InChI is InChI=1S/C22H30N4O4/c1-24-20(16-3-5-17(29-2)6-4-16)15-18(23-24)22(28)26-9-7-19(21(27)8-10-26)25-11-13-30-14-12-25/h3-6,15,19,21,27H,7-14H2,1-2H3/t19-,21-/m0/s1. The van der Waals surface area contributed by atoms with Gasteiger partial charge < -0.3 is 19.5 Å². The molecule has 2 aliphatic rings. The predicted octanol–water partition coefficient (Wildman–Crippen LogP) is 1.39. The van der Waals surface area contributed by atoms with Crippen LogP contribution in [0.1, 0.15) is 23.3 Å². The van der Waals surface area contributed by atoms with Gasteiger partial charge in [0.25, 0.3) is 5.91 Å². The molecule has 1 amide bonds. The van der Waals surface area contributed by atoms with E-state index < -0.39 is 6.10 Å². The third-order valence-corrected chi connectivity index (χ3v) is 6.12. The quantitative estimate of drug-likeness (QED) is 0.815. The van der Waals surface area contributed by atoms with Gasteiger partial charge in [-0.15, -0.1) is 0 Å². The van der Waals surface area contributed by atoms with Crippen LogP contribution in [0.4, 0.5) is 0 Å². The lowest BCUT2D eigenvalue weighted by molar-refractivity contribution is -0.0222. The van der Waals surface area contributed by atoms with Gasteiger partial charge in [0.1, 0.15) is 5.75 Å². The zero-order valence-corrected chi connectivity index (χ0v) is 17.7. The monoisotopic (exact) mass is 414 g/mol.